The highest BCUT2D eigenvalue weighted by Crippen LogP contribution is 2.27. The molecule has 0 bridgehead atoms. The number of halogens is 2. The summed E-state index contributed by atoms with van der Waals surface area (Å²) < 4.78 is 13.0. The first kappa shape index (κ1) is 15.9. The van der Waals surface area contributed by atoms with Gasteiger partial charge in [-0.2, -0.15) is 0 Å². The summed E-state index contributed by atoms with van der Waals surface area (Å²) >= 11 is 0. The smallest absolute Gasteiger partial charge is 0.234 e. The van der Waals surface area contributed by atoms with Gasteiger partial charge in [-0.1, -0.05) is 12.1 Å². The Kier molecular flexibility index (Phi) is 6.25. The predicted molar refractivity (Wildman–Crippen MR) is 75.8 cm³/mol. The largest absolute Gasteiger partial charge is 0.351 e. The maximum atomic E-state index is 13.0. The summed E-state index contributed by atoms with van der Waals surface area (Å²) in [7, 11) is 0. The highest BCUT2D eigenvalue weighted by Gasteiger charge is 2.20. The third kappa shape index (κ3) is 5.57. The van der Waals surface area contributed by atoms with Crippen molar-refractivity contribution in [3.05, 3.63) is 35.1 Å². The van der Waals surface area contributed by atoms with Gasteiger partial charge >= 0.3 is 0 Å². The fourth-order valence-electron chi connectivity index (χ4n) is 1.79. The Bertz CT molecular complexity index is 435. The second-order valence-electron chi connectivity index (χ2n) is 4.93. The molecular formula is C14H20ClFN2O. The third-order valence-electron chi connectivity index (χ3n) is 3.13. The summed E-state index contributed by atoms with van der Waals surface area (Å²) in [5.41, 5.74) is 1.53. The molecule has 0 heterocycles. The number of aryl methyl sites for hydroxylation is 1. The molecule has 1 aromatic carbocycles. The number of nitrogens with one attached hydrogen (secondary N) is 2. The zero-order valence-corrected chi connectivity index (χ0v) is 11.9. The number of hydrogen-bond donors (Lipinski definition) is 2. The first-order valence-corrected chi connectivity index (χ1v) is 6.37. The van der Waals surface area contributed by atoms with E-state index >= 15 is 0 Å². The van der Waals surface area contributed by atoms with E-state index in [1.807, 2.05) is 0 Å². The first-order chi connectivity index (χ1) is 8.65. The molecule has 5 heteroatoms. The molecule has 19 heavy (non-hydrogen) atoms. The summed E-state index contributed by atoms with van der Waals surface area (Å²) in [5.74, 6) is 0.548. The normalized spacial score (nSPS) is 13.8. The topological polar surface area (TPSA) is 41.1 Å². The Labute approximate surface area is 119 Å². The number of amides is 1. The summed E-state index contributed by atoms with van der Waals surface area (Å²) in [6.07, 6.45) is 2.56. The summed E-state index contributed by atoms with van der Waals surface area (Å²) in [6, 6.07) is 4.88. The maximum absolute atomic E-state index is 13.0. The number of carbonyl (C=O) groups excluding carboxylic acids is 1. The van der Waals surface area contributed by atoms with Gasteiger partial charge in [0.25, 0.3) is 0 Å². The van der Waals surface area contributed by atoms with Gasteiger partial charge in [-0.3, -0.25) is 4.79 Å². The standard InChI is InChI=1S/C14H19FN2O.ClH/c1-10-6-12(4-5-13(10)15)8-17-14(18)9-16-7-11-2-3-11;/h4-6,11,16H,2-3,7-9H2,1H3,(H,17,18);1H. The monoisotopic (exact) mass is 286 g/mol. The van der Waals surface area contributed by atoms with Crippen LogP contribution in [-0.2, 0) is 11.3 Å². The van der Waals surface area contributed by atoms with Crippen LogP contribution in [0, 0.1) is 18.7 Å². The summed E-state index contributed by atoms with van der Waals surface area (Å²) in [5, 5.41) is 5.95. The van der Waals surface area contributed by atoms with Crippen molar-refractivity contribution < 1.29 is 9.18 Å². The van der Waals surface area contributed by atoms with Crippen LogP contribution in [-0.4, -0.2) is 19.0 Å². The zero-order chi connectivity index (χ0) is 13.0. The van der Waals surface area contributed by atoms with Crippen molar-refractivity contribution in [3.8, 4) is 0 Å². The Hall–Kier alpha value is -1.13. The van der Waals surface area contributed by atoms with Gasteiger partial charge in [-0.05, 0) is 49.4 Å². The third-order valence-corrected chi connectivity index (χ3v) is 3.13. The van der Waals surface area contributed by atoms with E-state index in [0.717, 1.165) is 18.0 Å². The lowest BCUT2D eigenvalue weighted by Crippen LogP contribution is -2.34. The molecule has 2 rings (SSSR count). The molecule has 0 atom stereocenters. The molecule has 1 fully saturated rings. The molecular weight excluding hydrogens is 267 g/mol. The van der Waals surface area contributed by atoms with Gasteiger partial charge in [0.2, 0.25) is 5.91 Å². The quantitative estimate of drug-likeness (QED) is 0.841. The van der Waals surface area contributed by atoms with E-state index in [4.69, 9.17) is 0 Å². The molecule has 1 aliphatic carbocycles. The van der Waals surface area contributed by atoms with Gasteiger partial charge in [0.05, 0.1) is 6.54 Å². The van der Waals surface area contributed by atoms with Crippen LogP contribution in [0.2, 0.25) is 0 Å². The van der Waals surface area contributed by atoms with Gasteiger partial charge < -0.3 is 10.6 Å². The van der Waals surface area contributed by atoms with E-state index in [2.05, 4.69) is 10.6 Å². The van der Waals surface area contributed by atoms with Crippen LogP contribution in [0.5, 0.6) is 0 Å². The van der Waals surface area contributed by atoms with E-state index < -0.39 is 0 Å². The number of benzene rings is 1. The van der Waals surface area contributed by atoms with Crippen LogP contribution in [0.25, 0.3) is 0 Å². The van der Waals surface area contributed by atoms with Crippen molar-refractivity contribution in [1.29, 1.82) is 0 Å². The first-order valence-electron chi connectivity index (χ1n) is 6.37. The molecule has 0 unspecified atom stereocenters. The van der Waals surface area contributed by atoms with E-state index in [1.54, 1.807) is 19.1 Å². The molecule has 1 aromatic rings. The predicted octanol–water partition coefficient (Wildman–Crippen LogP) is 2.17. The summed E-state index contributed by atoms with van der Waals surface area (Å²) in [6.45, 7) is 3.46. The fraction of sp³-hybridized carbons (Fsp3) is 0.500. The van der Waals surface area contributed by atoms with Crippen LogP contribution in [0.4, 0.5) is 4.39 Å². The second-order valence-corrected chi connectivity index (χ2v) is 4.93. The molecule has 0 saturated heterocycles. The Morgan fingerprint density at radius 3 is 2.79 bits per heavy atom. The molecule has 3 nitrogen and oxygen atoms in total. The zero-order valence-electron chi connectivity index (χ0n) is 11.0. The van der Waals surface area contributed by atoms with Crippen molar-refractivity contribution in [2.75, 3.05) is 13.1 Å². The molecule has 0 aromatic heterocycles. The van der Waals surface area contributed by atoms with Gasteiger partial charge in [-0.25, -0.2) is 4.39 Å². The van der Waals surface area contributed by atoms with Gasteiger partial charge in [0, 0.05) is 6.54 Å². The Balaban J connectivity index is 0.00000180. The van der Waals surface area contributed by atoms with Crippen molar-refractivity contribution in [2.45, 2.75) is 26.3 Å². The Morgan fingerprint density at radius 1 is 1.42 bits per heavy atom. The van der Waals surface area contributed by atoms with E-state index in [0.29, 0.717) is 18.7 Å². The van der Waals surface area contributed by atoms with Crippen LogP contribution >= 0.6 is 12.4 Å². The van der Waals surface area contributed by atoms with E-state index in [1.165, 1.54) is 18.9 Å². The van der Waals surface area contributed by atoms with Crippen molar-refractivity contribution in [1.82, 2.24) is 10.6 Å². The van der Waals surface area contributed by atoms with Gasteiger partial charge in [0.1, 0.15) is 5.82 Å². The van der Waals surface area contributed by atoms with Gasteiger partial charge in [-0.15, -0.1) is 12.4 Å². The minimum Gasteiger partial charge on any atom is -0.351 e. The maximum Gasteiger partial charge on any atom is 0.234 e. The van der Waals surface area contributed by atoms with Crippen molar-refractivity contribution in [2.24, 2.45) is 5.92 Å². The minimum atomic E-state index is -0.212. The number of rotatable bonds is 6. The lowest BCUT2D eigenvalue weighted by Gasteiger charge is -2.07. The highest BCUT2D eigenvalue weighted by molar-refractivity contribution is 5.85. The second kappa shape index (κ2) is 7.46. The minimum absolute atomic E-state index is 0. The molecule has 2 N–H and O–H groups in total. The molecule has 0 aliphatic heterocycles. The average Bonchev–Trinajstić information content (AvgIpc) is 3.15. The number of hydrogen-bond acceptors (Lipinski definition) is 2. The molecule has 0 spiro atoms. The van der Waals surface area contributed by atoms with Crippen LogP contribution in [0.3, 0.4) is 0 Å². The lowest BCUT2D eigenvalue weighted by atomic mass is 10.1. The highest BCUT2D eigenvalue weighted by atomic mass is 35.5. The van der Waals surface area contributed by atoms with Crippen LogP contribution in [0.15, 0.2) is 18.2 Å². The molecule has 106 valence electrons. The van der Waals surface area contributed by atoms with Crippen LogP contribution < -0.4 is 10.6 Å². The van der Waals surface area contributed by atoms with Crippen molar-refractivity contribution >= 4 is 18.3 Å². The molecule has 0 radical (unpaired) electrons. The van der Waals surface area contributed by atoms with E-state index in [-0.39, 0.29) is 24.1 Å². The van der Waals surface area contributed by atoms with E-state index in [9.17, 15) is 9.18 Å². The number of carbonyl (C=O) groups is 1. The fourth-order valence-corrected chi connectivity index (χ4v) is 1.79. The van der Waals surface area contributed by atoms with Gasteiger partial charge in [0.15, 0.2) is 0 Å². The summed E-state index contributed by atoms with van der Waals surface area (Å²) in [4.78, 5) is 11.5. The van der Waals surface area contributed by atoms with Crippen LogP contribution in [0.1, 0.15) is 24.0 Å². The molecule has 1 amide bonds. The average molecular weight is 287 g/mol. The van der Waals surface area contributed by atoms with Crippen molar-refractivity contribution in [3.63, 3.8) is 0 Å². The lowest BCUT2D eigenvalue weighted by molar-refractivity contribution is -0.120. The molecule has 1 saturated carbocycles. The Morgan fingerprint density at radius 2 is 2.16 bits per heavy atom. The SMILES string of the molecule is Cc1cc(CNC(=O)CNCC2CC2)ccc1F.Cl. The molecule has 1 aliphatic rings.